The van der Waals surface area contributed by atoms with Crippen LogP contribution in [0.1, 0.15) is 37.7 Å². The maximum Gasteiger partial charge on any atom is 0.246 e. The van der Waals surface area contributed by atoms with Crippen molar-refractivity contribution in [2.75, 3.05) is 19.7 Å². The molecule has 0 aromatic heterocycles. The average molecular weight is 318 g/mol. The fourth-order valence-electron chi connectivity index (χ4n) is 2.84. The van der Waals surface area contributed by atoms with Crippen LogP contribution >= 0.6 is 0 Å². The average Bonchev–Trinajstić information content (AvgIpc) is 3.05. The number of carbonyl (C=O) groups excluding carboxylic acids is 2. The maximum absolute atomic E-state index is 11.7. The normalized spacial score (nSPS) is 14.6. The number of nitrogens with one attached hydrogen (secondary N) is 2. The first kappa shape index (κ1) is 17.5. The number of hydrogen-bond donors (Lipinski definition) is 2. The highest BCUT2D eigenvalue weighted by Gasteiger charge is 2.17. The molecule has 0 unspecified atom stereocenters. The predicted molar refractivity (Wildman–Crippen MR) is 88.7 cm³/mol. The SMILES string of the molecule is O=C(COCc1ccccc1)NCCNC(=O)CC1CCCC1. The van der Waals surface area contributed by atoms with E-state index in [-0.39, 0.29) is 18.4 Å². The highest BCUT2D eigenvalue weighted by Crippen LogP contribution is 2.27. The summed E-state index contributed by atoms with van der Waals surface area (Å²) >= 11 is 0. The third kappa shape index (κ3) is 7.28. The Balaban J connectivity index is 1.47. The number of hydrogen-bond acceptors (Lipinski definition) is 3. The molecule has 0 spiro atoms. The van der Waals surface area contributed by atoms with Gasteiger partial charge in [-0.2, -0.15) is 0 Å². The van der Waals surface area contributed by atoms with E-state index in [1.54, 1.807) is 0 Å². The summed E-state index contributed by atoms with van der Waals surface area (Å²) in [5.74, 6) is 0.480. The van der Waals surface area contributed by atoms with Crippen LogP contribution in [0.4, 0.5) is 0 Å². The summed E-state index contributed by atoms with van der Waals surface area (Å²) in [5.41, 5.74) is 1.04. The van der Waals surface area contributed by atoms with Crippen molar-refractivity contribution in [1.29, 1.82) is 0 Å². The third-order valence-electron chi connectivity index (χ3n) is 4.06. The summed E-state index contributed by atoms with van der Waals surface area (Å²) in [4.78, 5) is 23.3. The molecular weight excluding hydrogens is 292 g/mol. The van der Waals surface area contributed by atoms with Crippen molar-refractivity contribution in [1.82, 2.24) is 10.6 Å². The number of ether oxygens (including phenoxy) is 1. The summed E-state index contributed by atoms with van der Waals surface area (Å²) in [6.45, 7) is 1.36. The first-order valence-corrected chi connectivity index (χ1v) is 8.39. The summed E-state index contributed by atoms with van der Waals surface area (Å²) in [6, 6.07) is 9.73. The zero-order valence-corrected chi connectivity index (χ0v) is 13.6. The molecule has 5 heteroatoms. The standard InChI is InChI=1S/C18H26N2O3/c21-17(12-15-6-4-5-7-15)19-10-11-20-18(22)14-23-13-16-8-2-1-3-9-16/h1-3,8-9,15H,4-7,10-14H2,(H,19,21)(H,20,22). The zero-order valence-electron chi connectivity index (χ0n) is 13.6. The molecule has 1 aromatic carbocycles. The van der Waals surface area contributed by atoms with Gasteiger partial charge >= 0.3 is 0 Å². The van der Waals surface area contributed by atoms with Crippen molar-refractivity contribution in [3.8, 4) is 0 Å². The Morgan fingerprint density at radius 3 is 2.35 bits per heavy atom. The summed E-state index contributed by atoms with van der Waals surface area (Å²) in [5, 5.41) is 5.59. The van der Waals surface area contributed by atoms with Crippen LogP contribution in [0, 0.1) is 5.92 Å². The molecule has 0 aliphatic heterocycles. The fraction of sp³-hybridized carbons (Fsp3) is 0.556. The van der Waals surface area contributed by atoms with Crippen LogP contribution in [0.2, 0.25) is 0 Å². The van der Waals surface area contributed by atoms with Crippen molar-refractivity contribution < 1.29 is 14.3 Å². The number of rotatable bonds is 9. The van der Waals surface area contributed by atoms with Gasteiger partial charge in [0.1, 0.15) is 6.61 Å². The number of amides is 2. The van der Waals surface area contributed by atoms with E-state index in [1.165, 1.54) is 25.7 Å². The van der Waals surface area contributed by atoms with Crippen molar-refractivity contribution >= 4 is 11.8 Å². The molecule has 1 aromatic rings. The topological polar surface area (TPSA) is 67.4 Å². The van der Waals surface area contributed by atoms with Crippen LogP contribution in [0.3, 0.4) is 0 Å². The van der Waals surface area contributed by atoms with Gasteiger partial charge in [0.05, 0.1) is 6.61 Å². The van der Waals surface area contributed by atoms with Crippen LogP contribution in [0.15, 0.2) is 30.3 Å². The van der Waals surface area contributed by atoms with Crippen molar-refractivity contribution in [3.63, 3.8) is 0 Å². The Morgan fingerprint density at radius 2 is 1.65 bits per heavy atom. The molecular formula is C18H26N2O3. The molecule has 0 saturated heterocycles. The van der Waals surface area contributed by atoms with Gasteiger partial charge < -0.3 is 15.4 Å². The van der Waals surface area contributed by atoms with Gasteiger partial charge in [-0.15, -0.1) is 0 Å². The second-order valence-corrected chi connectivity index (χ2v) is 6.03. The van der Waals surface area contributed by atoms with Crippen LogP contribution in [-0.2, 0) is 20.9 Å². The molecule has 2 amide bonds. The van der Waals surface area contributed by atoms with E-state index in [9.17, 15) is 9.59 Å². The van der Waals surface area contributed by atoms with Gasteiger partial charge in [-0.1, -0.05) is 43.2 Å². The van der Waals surface area contributed by atoms with E-state index >= 15 is 0 Å². The lowest BCUT2D eigenvalue weighted by molar-refractivity contribution is -0.126. The molecule has 2 N–H and O–H groups in total. The Hall–Kier alpha value is -1.88. The van der Waals surface area contributed by atoms with Gasteiger partial charge in [0.2, 0.25) is 11.8 Å². The maximum atomic E-state index is 11.7. The van der Waals surface area contributed by atoms with E-state index in [4.69, 9.17) is 4.74 Å². The molecule has 1 aliphatic carbocycles. The lowest BCUT2D eigenvalue weighted by atomic mass is 10.0. The highest BCUT2D eigenvalue weighted by molar-refractivity contribution is 5.77. The minimum Gasteiger partial charge on any atom is -0.367 e. The first-order chi connectivity index (χ1) is 11.2. The molecule has 23 heavy (non-hydrogen) atoms. The van der Waals surface area contributed by atoms with E-state index in [0.29, 0.717) is 32.0 Å². The molecule has 126 valence electrons. The van der Waals surface area contributed by atoms with Gasteiger partial charge in [0.15, 0.2) is 0 Å². The molecule has 0 bridgehead atoms. The quantitative estimate of drug-likeness (QED) is 0.685. The van der Waals surface area contributed by atoms with Gasteiger partial charge in [-0.25, -0.2) is 0 Å². The highest BCUT2D eigenvalue weighted by atomic mass is 16.5. The second kappa shape index (κ2) is 10.0. The summed E-state index contributed by atoms with van der Waals surface area (Å²) < 4.78 is 5.35. The number of carbonyl (C=O) groups is 2. The van der Waals surface area contributed by atoms with Gasteiger partial charge in [0.25, 0.3) is 0 Å². The molecule has 1 aliphatic rings. The summed E-state index contributed by atoms with van der Waals surface area (Å²) in [7, 11) is 0. The van der Waals surface area contributed by atoms with Gasteiger partial charge in [-0.3, -0.25) is 9.59 Å². The van der Waals surface area contributed by atoms with E-state index in [2.05, 4.69) is 10.6 Å². The van der Waals surface area contributed by atoms with E-state index in [0.717, 1.165) is 5.56 Å². The number of benzene rings is 1. The molecule has 1 saturated carbocycles. The molecule has 5 nitrogen and oxygen atoms in total. The largest absolute Gasteiger partial charge is 0.367 e. The van der Waals surface area contributed by atoms with Crippen LogP contribution in [-0.4, -0.2) is 31.5 Å². The third-order valence-corrected chi connectivity index (χ3v) is 4.06. The van der Waals surface area contributed by atoms with Crippen LogP contribution < -0.4 is 10.6 Å². The molecule has 1 fully saturated rings. The van der Waals surface area contributed by atoms with Crippen molar-refractivity contribution in [3.05, 3.63) is 35.9 Å². The summed E-state index contributed by atoms with van der Waals surface area (Å²) in [6.07, 6.45) is 5.45. The minimum absolute atomic E-state index is 0.0327. The van der Waals surface area contributed by atoms with Crippen LogP contribution in [0.25, 0.3) is 0 Å². The lowest BCUT2D eigenvalue weighted by Gasteiger charge is -2.10. The van der Waals surface area contributed by atoms with Gasteiger partial charge in [0, 0.05) is 19.5 Å². The second-order valence-electron chi connectivity index (χ2n) is 6.03. The Morgan fingerprint density at radius 1 is 1.00 bits per heavy atom. The molecule has 2 rings (SSSR count). The predicted octanol–water partition coefficient (Wildman–Crippen LogP) is 2.02. The lowest BCUT2D eigenvalue weighted by Crippen LogP contribution is -2.36. The van der Waals surface area contributed by atoms with Crippen molar-refractivity contribution in [2.45, 2.75) is 38.7 Å². The Labute approximate surface area is 137 Å². The Bertz CT molecular complexity index is 484. The minimum atomic E-state index is -0.161. The van der Waals surface area contributed by atoms with E-state index < -0.39 is 0 Å². The fourth-order valence-corrected chi connectivity index (χ4v) is 2.84. The smallest absolute Gasteiger partial charge is 0.246 e. The molecule has 0 heterocycles. The first-order valence-electron chi connectivity index (χ1n) is 8.39. The molecule has 0 radical (unpaired) electrons. The van der Waals surface area contributed by atoms with Gasteiger partial charge in [-0.05, 0) is 24.3 Å². The molecule has 0 atom stereocenters. The van der Waals surface area contributed by atoms with Crippen LogP contribution in [0.5, 0.6) is 0 Å². The van der Waals surface area contributed by atoms with Crippen molar-refractivity contribution in [2.24, 2.45) is 5.92 Å². The zero-order chi connectivity index (χ0) is 16.3. The van der Waals surface area contributed by atoms with E-state index in [1.807, 2.05) is 30.3 Å². The Kier molecular flexibility index (Phi) is 7.60. The monoisotopic (exact) mass is 318 g/mol.